The lowest BCUT2D eigenvalue weighted by Gasteiger charge is -2.47. The molecule has 1 aromatic rings. The summed E-state index contributed by atoms with van der Waals surface area (Å²) in [7, 11) is 0. The van der Waals surface area contributed by atoms with Gasteiger partial charge in [0.25, 0.3) is 0 Å². The maximum atomic E-state index is 11.6. The maximum Gasteiger partial charge on any atom is 0.303 e. The molecular weight excluding hydrogens is 344 g/mol. The quantitative estimate of drug-likeness (QED) is 0.575. The number of carbonyl (C=O) groups is 3. The van der Waals surface area contributed by atoms with E-state index in [1.165, 1.54) is 13.8 Å². The van der Waals surface area contributed by atoms with E-state index in [0.717, 1.165) is 5.56 Å². The van der Waals surface area contributed by atoms with Gasteiger partial charge in [-0.05, 0) is 0 Å². The molecule has 6 atom stereocenters. The van der Waals surface area contributed by atoms with Crippen LogP contribution in [0.3, 0.4) is 0 Å². The van der Waals surface area contributed by atoms with Gasteiger partial charge in [0.05, 0.1) is 6.61 Å². The number of benzene rings is 1. The average molecular weight is 364 g/mol. The molecule has 2 heterocycles. The lowest BCUT2D eigenvalue weighted by atomic mass is 9.94. The zero-order valence-electron chi connectivity index (χ0n) is 14.4. The fraction of sp³-hybridized carbons (Fsp3) is 0.500. The van der Waals surface area contributed by atoms with Gasteiger partial charge in [0.2, 0.25) is 0 Å². The molecule has 0 bridgehead atoms. The Labute approximate surface area is 150 Å². The van der Waals surface area contributed by atoms with Crippen LogP contribution in [0, 0.1) is 0 Å². The summed E-state index contributed by atoms with van der Waals surface area (Å²) in [5.74, 6) is -1.20. The van der Waals surface area contributed by atoms with E-state index in [4.69, 9.17) is 23.7 Å². The van der Waals surface area contributed by atoms with Gasteiger partial charge >= 0.3 is 11.9 Å². The lowest BCUT2D eigenvalue weighted by molar-refractivity contribution is -0.325. The van der Waals surface area contributed by atoms with Crippen molar-refractivity contribution in [2.75, 3.05) is 6.61 Å². The Hall–Kier alpha value is -2.29. The zero-order valence-corrected chi connectivity index (χ0v) is 14.4. The van der Waals surface area contributed by atoms with Crippen LogP contribution in [-0.4, -0.2) is 55.4 Å². The lowest BCUT2D eigenvalue weighted by Crippen LogP contribution is -2.64. The molecule has 8 heteroatoms. The summed E-state index contributed by atoms with van der Waals surface area (Å²) in [4.78, 5) is 34.4. The summed E-state index contributed by atoms with van der Waals surface area (Å²) in [6.45, 7) is 2.58. The number of ether oxygens (including phenoxy) is 5. The third-order valence-corrected chi connectivity index (χ3v) is 4.17. The van der Waals surface area contributed by atoms with Crippen molar-refractivity contribution in [3.05, 3.63) is 35.9 Å². The molecule has 0 saturated carbocycles. The van der Waals surface area contributed by atoms with Crippen molar-refractivity contribution in [1.82, 2.24) is 0 Å². The Morgan fingerprint density at radius 1 is 1.04 bits per heavy atom. The summed E-state index contributed by atoms with van der Waals surface area (Å²) in [5, 5.41) is 0. The summed E-state index contributed by atoms with van der Waals surface area (Å²) in [6, 6.07) is 9.24. The third-order valence-electron chi connectivity index (χ3n) is 4.17. The van der Waals surface area contributed by atoms with Crippen molar-refractivity contribution in [2.45, 2.75) is 50.7 Å². The molecule has 0 spiro atoms. The highest BCUT2D eigenvalue weighted by atomic mass is 16.7. The number of hydrogen-bond donors (Lipinski definition) is 0. The SMILES string of the molecule is CC(=O)O[C@@H]1[C@@H](OC(C)=O)[C@H](C=O)O[C@@H]2CO[C@@H](c3ccccc3)O[C@@H]12. The van der Waals surface area contributed by atoms with Gasteiger partial charge < -0.3 is 28.5 Å². The first-order chi connectivity index (χ1) is 12.5. The van der Waals surface area contributed by atoms with Crippen molar-refractivity contribution in [3.63, 3.8) is 0 Å². The molecule has 3 rings (SSSR count). The first-order valence-corrected chi connectivity index (χ1v) is 8.27. The molecule has 0 unspecified atom stereocenters. The van der Waals surface area contributed by atoms with E-state index in [9.17, 15) is 14.4 Å². The van der Waals surface area contributed by atoms with Crippen molar-refractivity contribution in [1.29, 1.82) is 0 Å². The molecule has 1 aromatic carbocycles. The Bertz CT molecular complexity index is 660. The van der Waals surface area contributed by atoms with Crippen LogP contribution in [0.4, 0.5) is 0 Å². The predicted octanol–water partition coefficient (Wildman–Crippen LogP) is 0.930. The number of aldehydes is 1. The fourth-order valence-electron chi connectivity index (χ4n) is 3.15. The minimum atomic E-state index is -1.09. The molecule has 8 nitrogen and oxygen atoms in total. The van der Waals surface area contributed by atoms with Crippen molar-refractivity contribution in [3.8, 4) is 0 Å². The molecule has 2 aliphatic rings. The third kappa shape index (κ3) is 3.92. The van der Waals surface area contributed by atoms with E-state index in [1.54, 1.807) is 0 Å². The van der Waals surface area contributed by atoms with Crippen LogP contribution in [-0.2, 0) is 38.1 Å². The highest BCUT2D eigenvalue weighted by Gasteiger charge is 2.53. The summed E-state index contributed by atoms with van der Waals surface area (Å²) < 4.78 is 27.9. The van der Waals surface area contributed by atoms with E-state index < -0.39 is 48.7 Å². The largest absolute Gasteiger partial charge is 0.456 e. The minimum Gasteiger partial charge on any atom is -0.456 e. The number of fused-ring (bicyclic) bond motifs is 1. The van der Waals surface area contributed by atoms with Crippen LogP contribution in [0.15, 0.2) is 30.3 Å². The normalized spacial score (nSPS) is 33.6. The van der Waals surface area contributed by atoms with Crippen LogP contribution in [0.1, 0.15) is 25.7 Å². The summed E-state index contributed by atoms with van der Waals surface area (Å²) >= 11 is 0. The van der Waals surface area contributed by atoms with Crippen LogP contribution >= 0.6 is 0 Å². The van der Waals surface area contributed by atoms with Gasteiger partial charge in [-0.25, -0.2) is 0 Å². The molecule has 2 fully saturated rings. The van der Waals surface area contributed by atoms with Gasteiger partial charge in [-0.3, -0.25) is 9.59 Å². The highest BCUT2D eigenvalue weighted by Crippen LogP contribution is 2.36. The van der Waals surface area contributed by atoms with E-state index >= 15 is 0 Å². The molecule has 0 radical (unpaired) electrons. The number of carbonyl (C=O) groups excluding carboxylic acids is 3. The molecule has 0 aromatic heterocycles. The second kappa shape index (κ2) is 7.94. The fourth-order valence-corrected chi connectivity index (χ4v) is 3.15. The monoisotopic (exact) mass is 364 g/mol. The van der Waals surface area contributed by atoms with Gasteiger partial charge in [-0.15, -0.1) is 0 Å². The Morgan fingerprint density at radius 3 is 2.31 bits per heavy atom. The van der Waals surface area contributed by atoms with Gasteiger partial charge in [-0.1, -0.05) is 30.3 Å². The smallest absolute Gasteiger partial charge is 0.303 e. The second-order valence-corrected chi connectivity index (χ2v) is 6.10. The summed E-state index contributed by atoms with van der Waals surface area (Å²) in [6.07, 6.45) is -4.72. The first-order valence-electron chi connectivity index (χ1n) is 8.27. The summed E-state index contributed by atoms with van der Waals surface area (Å²) in [5.41, 5.74) is 0.786. The van der Waals surface area contributed by atoms with Crippen LogP contribution in [0.5, 0.6) is 0 Å². The van der Waals surface area contributed by atoms with Crippen LogP contribution in [0.25, 0.3) is 0 Å². The Morgan fingerprint density at radius 2 is 1.69 bits per heavy atom. The van der Waals surface area contributed by atoms with Gasteiger partial charge in [0.1, 0.15) is 12.2 Å². The number of hydrogen-bond acceptors (Lipinski definition) is 8. The van der Waals surface area contributed by atoms with E-state index in [2.05, 4.69) is 0 Å². The Kier molecular flexibility index (Phi) is 5.65. The van der Waals surface area contributed by atoms with E-state index in [-0.39, 0.29) is 6.61 Å². The molecule has 26 heavy (non-hydrogen) atoms. The molecule has 140 valence electrons. The molecule has 0 amide bonds. The number of rotatable bonds is 4. The van der Waals surface area contributed by atoms with Crippen molar-refractivity contribution in [2.24, 2.45) is 0 Å². The number of esters is 2. The van der Waals surface area contributed by atoms with Crippen molar-refractivity contribution < 1.29 is 38.1 Å². The van der Waals surface area contributed by atoms with E-state index in [1.807, 2.05) is 30.3 Å². The van der Waals surface area contributed by atoms with Gasteiger partial charge in [0.15, 0.2) is 30.9 Å². The molecule has 2 saturated heterocycles. The van der Waals surface area contributed by atoms with Crippen LogP contribution < -0.4 is 0 Å². The topological polar surface area (TPSA) is 97.4 Å². The maximum absolute atomic E-state index is 11.6. The molecular formula is C18H20O8. The standard InChI is InChI=1S/C18H20O8/c1-10(20)23-15-13(8-19)25-14-9-22-18(12-6-4-3-5-7-12)26-16(14)17(15)24-11(2)21/h3-8,13-18H,9H2,1-2H3/t13-,14+,15-,16+,17+,18+/m0/s1. The molecule has 2 aliphatic heterocycles. The Balaban J connectivity index is 1.87. The van der Waals surface area contributed by atoms with Gasteiger partial charge in [0, 0.05) is 19.4 Å². The van der Waals surface area contributed by atoms with Crippen LogP contribution in [0.2, 0.25) is 0 Å². The average Bonchev–Trinajstić information content (AvgIpc) is 2.63. The molecule has 0 aliphatic carbocycles. The molecule has 0 N–H and O–H groups in total. The first kappa shape index (κ1) is 18.5. The second-order valence-electron chi connectivity index (χ2n) is 6.10. The van der Waals surface area contributed by atoms with Gasteiger partial charge in [-0.2, -0.15) is 0 Å². The van der Waals surface area contributed by atoms with Crippen molar-refractivity contribution >= 4 is 18.2 Å². The van der Waals surface area contributed by atoms with E-state index in [0.29, 0.717) is 6.29 Å². The zero-order chi connectivity index (χ0) is 18.7. The minimum absolute atomic E-state index is 0.138. The highest BCUT2D eigenvalue weighted by molar-refractivity contribution is 5.69. The predicted molar refractivity (Wildman–Crippen MR) is 85.8 cm³/mol.